The summed E-state index contributed by atoms with van der Waals surface area (Å²) in [6.07, 6.45) is 1.80. The van der Waals surface area contributed by atoms with Crippen molar-refractivity contribution in [1.82, 2.24) is 9.88 Å². The van der Waals surface area contributed by atoms with Gasteiger partial charge in [0.1, 0.15) is 5.82 Å². The molecule has 1 aromatic heterocycles. The molecule has 1 unspecified atom stereocenters. The molecule has 18 heavy (non-hydrogen) atoms. The van der Waals surface area contributed by atoms with Crippen LogP contribution < -0.4 is 4.90 Å². The number of anilines is 1. The van der Waals surface area contributed by atoms with Gasteiger partial charge in [-0.1, -0.05) is 15.9 Å². The molecule has 1 amide bonds. The number of piperazine rings is 1. The van der Waals surface area contributed by atoms with Crippen LogP contribution in [-0.2, 0) is 4.79 Å². The molecule has 2 heterocycles. The third-order valence-electron chi connectivity index (χ3n) is 2.97. The van der Waals surface area contributed by atoms with Gasteiger partial charge in [0.25, 0.3) is 0 Å². The Bertz CT molecular complexity index is 414. The molecule has 2 rings (SSSR count). The van der Waals surface area contributed by atoms with Crippen LogP contribution in [0.3, 0.4) is 0 Å². The Hall–Kier alpha value is -0.620. The molecule has 98 valence electrons. The summed E-state index contributed by atoms with van der Waals surface area (Å²) in [6, 6.07) is 3.98. The molecule has 1 aliphatic heterocycles. The topological polar surface area (TPSA) is 36.4 Å². The van der Waals surface area contributed by atoms with Gasteiger partial charge in [-0.25, -0.2) is 4.98 Å². The maximum Gasteiger partial charge on any atom is 0.236 e. The summed E-state index contributed by atoms with van der Waals surface area (Å²) in [5.74, 6) is 1.13. The van der Waals surface area contributed by atoms with E-state index in [1.807, 2.05) is 24.0 Å². The number of pyridine rings is 1. The quantitative estimate of drug-likeness (QED) is 0.743. The van der Waals surface area contributed by atoms with E-state index in [2.05, 4.69) is 41.7 Å². The predicted octanol–water partition coefficient (Wildman–Crippen LogP) is 2.28. The number of halogens is 2. The van der Waals surface area contributed by atoms with Crippen LogP contribution in [0.15, 0.2) is 22.8 Å². The molecule has 0 saturated carbocycles. The van der Waals surface area contributed by atoms with Crippen molar-refractivity contribution >= 4 is 43.6 Å². The molecule has 1 fully saturated rings. The number of hydrogen-bond acceptors (Lipinski definition) is 3. The highest BCUT2D eigenvalue weighted by molar-refractivity contribution is 9.10. The number of rotatable bonds is 2. The van der Waals surface area contributed by atoms with Gasteiger partial charge in [0.15, 0.2) is 0 Å². The number of carbonyl (C=O) groups excluding carboxylic acids is 1. The van der Waals surface area contributed by atoms with Crippen LogP contribution in [0.4, 0.5) is 5.82 Å². The number of carbonyl (C=O) groups is 1. The standard InChI is InChI=1S/C12H15Br2N3O/c1-9(13)12(18)17-6-4-16(5-7-17)11-3-2-10(14)8-15-11/h2-3,8-9H,4-7H2,1H3. The summed E-state index contributed by atoms with van der Waals surface area (Å²) in [6.45, 7) is 5.05. The molecule has 0 spiro atoms. The van der Waals surface area contributed by atoms with Crippen molar-refractivity contribution in [2.45, 2.75) is 11.8 Å². The van der Waals surface area contributed by atoms with Gasteiger partial charge in [0.2, 0.25) is 5.91 Å². The highest BCUT2D eigenvalue weighted by Crippen LogP contribution is 2.17. The summed E-state index contributed by atoms with van der Waals surface area (Å²) >= 11 is 6.70. The second-order valence-corrected chi connectivity index (χ2v) is 6.55. The van der Waals surface area contributed by atoms with Crippen molar-refractivity contribution in [2.24, 2.45) is 0 Å². The smallest absolute Gasteiger partial charge is 0.236 e. The van der Waals surface area contributed by atoms with E-state index >= 15 is 0 Å². The minimum absolute atomic E-state index is 0.102. The van der Waals surface area contributed by atoms with E-state index in [9.17, 15) is 4.79 Å². The fourth-order valence-electron chi connectivity index (χ4n) is 1.96. The molecule has 0 radical (unpaired) electrons. The van der Waals surface area contributed by atoms with E-state index in [1.165, 1.54) is 0 Å². The lowest BCUT2D eigenvalue weighted by atomic mass is 10.3. The second-order valence-electron chi connectivity index (χ2n) is 4.26. The Morgan fingerprint density at radius 1 is 1.33 bits per heavy atom. The largest absolute Gasteiger partial charge is 0.353 e. The number of aromatic nitrogens is 1. The van der Waals surface area contributed by atoms with Crippen molar-refractivity contribution < 1.29 is 4.79 Å². The Kier molecular flexibility index (Phi) is 4.61. The van der Waals surface area contributed by atoms with Crippen molar-refractivity contribution in [3.63, 3.8) is 0 Å². The first kappa shape index (κ1) is 13.8. The van der Waals surface area contributed by atoms with Gasteiger partial charge in [-0.15, -0.1) is 0 Å². The highest BCUT2D eigenvalue weighted by atomic mass is 79.9. The lowest BCUT2D eigenvalue weighted by Gasteiger charge is -2.36. The Morgan fingerprint density at radius 3 is 2.50 bits per heavy atom. The monoisotopic (exact) mass is 375 g/mol. The average Bonchev–Trinajstić information content (AvgIpc) is 2.39. The molecule has 0 bridgehead atoms. The van der Waals surface area contributed by atoms with E-state index < -0.39 is 0 Å². The zero-order valence-electron chi connectivity index (χ0n) is 10.1. The summed E-state index contributed by atoms with van der Waals surface area (Å²) in [4.78, 5) is 20.2. The number of hydrogen-bond donors (Lipinski definition) is 0. The lowest BCUT2D eigenvalue weighted by Crippen LogP contribution is -2.50. The first-order chi connectivity index (χ1) is 8.58. The zero-order valence-corrected chi connectivity index (χ0v) is 13.3. The van der Waals surface area contributed by atoms with Crippen LogP contribution in [0.2, 0.25) is 0 Å². The zero-order chi connectivity index (χ0) is 13.1. The molecular weight excluding hydrogens is 362 g/mol. The summed E-state index contributed by atoms with van der Waals surface area (Å²) in [5, 5.41) is 0. The third-order valence-corrected chi connectivity index (χ3v) is 3.83. The minimum atomic E-state index is -0.102. The lowest BCUT2D eigenvalue weighted by molar-refractivity contribution is -0.130. The SMILES string of the molecule is CC(Br)C(=O)N1CCN(c2ccc(Br)cn2)CC1. The van der Waals surface area contributed by atoms with Crippen molar-refractivity contribution in [2.75, 3.05) is 31.1 Å². The van der Waals surface area contributed by atoms with E-state index in [4.69, 9.17) is 0 Å². The molecule has 1 atom stereocenters. The van der Waals surface area contributed by atoms with Crippen molar-refractivity contribution in [3.8, 4) is 0 Å². The second kappa shape index (κ2) is 6.02. The maximum absolute atomic E-state index is 11.8. The first-order valence-corrected chi connectivity index (χ1v) is 7.58. The summed E-state index contributed by atoms with van der Waals surface area (Å²) < 4.78 is 0.980. The normalized spacial score (nSPS) is 17.7. The molecule has 0 aliphatic carbocycles. The van der Waals surface area contributed by atoms with Gasteiger partial charge in [0, 0.05) is 36.8 Å². The molecule has 4 nitrogen and oxygen atoms in total. The van der Waals surface area contributed by atoms with Crippen LogP contribution in [0, 0.1) is 0 Å². The van der Waals surface area contributed by atoms with Crippen LogP contribution >= 0.6 is 31.9 Å². The van der Waals surface area contributed by atoms with Crippen LogP contribution in [-0.4, -0.2) is 46.8 Å². The summed E-state index contributed by atoms with van der Waals surface area (Å²) in [5.41, 5.74) is 0. The number of alkyl halides is 1. The molecule has 0 N–H and O–H groups in total. The Labute approximate surface area is 124 Å². The molecular formula is C12H15Br2N3O. The average molecular weight is 377 g/mol. The van der Waals surface area contributed by atoms with Gasteiger partial charge < -0.3 is 9.80 Å². The van der Waals surface area contributed by atoms with Gasteiger partial charge >= 0.3 is 0 Å². The van der Waals surface area contributed by atoms with E-state index in [-0.39, 0.29) is 10.7 Å². The van der Waals surface area contributed by atoms with Crippen molar-refractivity contribution in [1.29, 1.82) is 0 Å². The van der Waals surface area contributed by atoms with Gasteiger partial charge in [-0.3, -0.25) is 4.79 Å². The fourth-order valence-corrected chi connectivity index (χ4v) is 2.49. The molecule has 1 saturated heterocycles. The van der Waals surface area contributed by atoms with Crippen LogP contribution in [0.5, 0.6) is 0 Å². The Balaban J connectivity index is 1.94. The van der Waals surface area contributed by atoms with Crippen LogP contribution in [0.25, 0.3) is 0 Å². The molecule has 0 aromatic carbocycles. The molecule has 6 heteroatoms. The fraction of sp³-hybridized carbons (Fsp3) is 0.500. The van der Waals surface area contributed by atoms with Gasteiger partial charge in [0.05, 0.1) is 4.83 Å². The minimum Gasteiger partial charge on any atom is -0.353 e. The van der Waals surface area contributed by atoms with E-state index in [1.54, 1.807) is 6.20 Å². The van der Waals surface area contributed by atoms with E-state index in [0.717, 1.165) is 36.5 Å². The van der Waals surface area contributed by atoms with Crippen molar-refractivity contribution in [3.05, 3.63) is 22.8 Å². The van der Waals surface area contributed by atoms with Gasteiger partial charge in [-0.05, 0) is 35.0 Å². The molecule has 1 aliphatic rings. The third kappa shape index (κ3) is 3.23. The summed E-state index contributed by atoms with van der Waals surface area (Å²) in [7, 11) is 0. The first-order valence-electron chi connectivity index (χ1n) is 5.87. The highest BCUT2D eigenvalue weighted by Gasteiger charge is 2.23. The Morgan fingerprint density at radius 2 is 2.00 bits per heavy atom. The van der Waals surface area contributed by atoms with Gasteiger partial charge in [-0.2, -0.15) is 0 Å². The molecule has 1 aromatic rings. The van der Waals surface area contributed by atoms with E-state index in [0.29, 0.717) is 0 Å². The number of amides is 1. The van der Waals surface area contributed by atoms with Crippen LogP contribution in [0.1, 0.15) is 6.92 Å². The maximum atomic E-state index is 11.8. The number of nitrogens with zero attached hydrogens (tertiary/aromatic N) is 3. The predicted molar refractivity (Wildman–Crippen MR) is 79.1 cm³/mol.